The highest BCUT2D eigenvalue weighted by molar-refractivity contribution is 5.51. The lowest BCUT2D eigenvalue weighted by molar-refractivity contribution is 0.625. The smallest absolute Gasteiger partial charge is 0.151 e. The molecule has 2 heterocycles. The third-order valence-corrected chi connectivity index (χ3v) is 1.37. The van der Waals surface area contributed by atoms with Crippen molar-refractivity contribution >= 4 is 0 Å². The number of hydrogen-bond donors (Lipinski definition) is 1. The largest absolute Gasteiger partial charge is 0.255 e. The topological polar surface area (TPSA) is 54.5 Å². The average molecular weight is 163 g/mol. The highest BCUT2D eigenvalue weighted by atomic mass is 19.1. The van der Waals surface area contributed by atoms with Gasteiger partial charge in [-0.15, -0.1) is 5.10 Å². The first-order valence-corrected chi connectivity index (χ1v) is 3.27. The molecule has 2 aromatic heterocycles. The van der Waals surface area contributed by atoms with E-state index < -0.39 is 5.82 Å². The van der Waals surface area contributed by atoms with Gasteiger partial charge in [0.2, 0.25) is 0 Å². The Hall–Kier alpha value is -1.78. The van der Waals surface area contributed by atoms with E-state index in [0.29, 0.717) is 5.69 Å². The van der Waals surface area contributed by atoms with Crippen LogP contribution in [0.4, 0.5) is 4.39 Å². The van der Waals surface area contributed by atoms with Crippen molar-refractivity contribution in [2.75, 3.05) is 0 Å². The summed E-state index contributed by atoms with van der Waals surface area (Å²) in [5, 5.41) is 9.28. The summed E-state index contributed by atoms with van der Waals surface area (Å²) < 4.78 is 13.0. The maximum absolute atomic E-state index is 13.0. The summed E-state index contributed by atoms with van der Waals surface area (Å²) in [5.74, 6) is -0.417. The van der Waals surface area contributed by atoms with Crippen molar-refractivity contribution in [3.8, 4) is 11.4 Å². The molecule has 0 saturated carbocycles. The first-order valence-electron chi connectivity index (χ1n) is 3.27. The van der Waals surface area contributed by atoms with Crippen molar-refractivity contribution in [1.29, 1.82) is 0 Å². The molecule has 0 fully saturated rings. The maximum atomic E-state index is 13.0. The van der Waals surface area contributed by atoms with Crippen molar-refractivity contribution in [2.45, 2.75) is 0 Å². The molecule has 2 aromatic rings. The average Bonchev–Trinajstić information content (AvgIpc) is 2.57. The molecule has 0 aliphatic carbocycles. The Morgan fingerprint density at radius 1 is 1.50 bits per heavy atom. The molecule has 0 aromatic carbocycles. The van der Waals surface area contributed by atoms with E-state index in [-0.39, 0.29) is 5.69 Å². The molecule has 2 rings (SSSR count). The number of aromatic nitrogens is 4. The first kappa shape index (κ1) is 6.90. The second kappa shape index (κ2) is 2.69. The molecule has 0 amide bonds. The number of nitrogens with one attached hydrogen (secondary N) is 1. The zero-order valence-electron chi connectivity index (χ0n) is 5.95. The van der Waals surface area contributed by atoms with E-state index in [2.05, 4.69) is 26.6 Å². The van der Waals surface area contributed by atoms with E-state index >= 15 is 0 Å². The minimum Gasteiger partial charge on any atom is -0.255 e. The van der Waals surface area contributed by atoms with Crippen molar-refractivity contribution in [3.05, 3.63) is 30.3 Å². The van der Waals surface area contributed by atoms with E-state index in [1.807, 2.05) is 0 Å². The normalized spacial score (nSPS) is 10.1. The lowest BCUT2D eigenvalue weighted by atomic mass is 10.3. The Morgan fingerprint density at radius 2 is 2.42 bits per heavy atom. The fourth-order valence-corrected chi connectivity index (χ4v) is 0.851. The molecule has 1 N–H and O–H groups in total. The summed E-state index contributed by atoms with van der Waals surface area (Å²) in [4.78, 5) is 3.80. The summed E-state index contributed by atoms with van der Waals surface area (Å²) in [7, 11) is 0. The van der Waals surface area contributed by atoms with Crippen LogP contribution in [-0.4, -0.2) is 20.4 Å². The van der Waals surface area contributed by atoms with E-state index in [1.165, 1.54) is 18.3 Å². The second-order valence-electron chi connectivity index (χ2n) is 2.13. The predicted molar refractivity (Wildman–Crippen MR) is 38.4 cm³/mol. The molecule has 0 atom stereocenters. The monoisotopic (exact) mass is 163 g/mol. The number of H-pyrrole nitrogens is 1. The predicted octanol–water partition coefficient (Wildman–Crippen LogP) is 0.806. The van der Waals surface area contributed by atoms with Crippen LogP contribution in [0.3, 0.4) is 0 Å². The summed E-state index contributed by atoms with van der Waals surface area (Å²) in [6.45, 7) is 0. The summed E-state index contributed by atoms with van der Waals surface area (Å²) in [5.41, 5.74) is 0.538. The van der Waals surface area contributed by atoms with Crippen molar-refractivity contribution in [1.82, 2.24) is 20.4 Å². The lowest BCUT2D eigenvalue weighted by Gasteiger charge is -1.94. The number of halogens is 1. The Kier molecular flexibility index (Phi) is 1.55. The molecule has 0 aliphatic rings. The van der Waals surface area contributed by atoms with Crippen molar-refractivity contribution < 1.29 is 4.39 Å². The summed E-state index contributed by atoms with van der Waals surface area (Å²) >= 11 is 0. The first-order chi connectivity index (χ1) is 5.88. The standard InChI is InChI=1S/C7H4FN4/c8-5-2-1-3-9-7(5)6-4-10-12-11-6/h1-3H,(H,10,11,12). The number of hydrogen-bond acceptors (Lipinski definition) is 3. The van der Waals surface area contributed by atoms with E-state index in [1.54, 1.807) is 0 Å². The van der Waals surface area contributed by atoms with Gasteiger partial charge in [0, 0.05) is 6.20 Å². The zero-order chi connectivity index (χ0) is 8.39. The molecule has 5 heteroatoms. The van der Waals surface area contributed by atoms with Crippen LogP contribution in [0.25, 0.3) is 11.4 Å². The van der Waals surface area contributed by atoms with Crippen LogP contribution in [0, 0.1) is 12.0 Å². The molecule has 0 saturated heterocycles. The lowest BCUT2D eigenvalue weighted by Crippen LogP contribution is -1.87. The van der Waals surface area contributed by atoms with E-state index in [0.717, 1.165) is 0 Å². The molecule has 0 bridgehead atoms. The SMILES string of the molecule is Fc1cccnc1-c1[c]nn[nH]1. The Balaban J connectivity index is 2.55. The minimum absolute atomic E-state index is 0.183. The van der Waals surface area contributed by atoms with E-state index in [9.17, 15) is 4.39 Å². The Morgan fingerprint density at radius 3 is 3.08 bits per heavy atom. The summed E-state index contributed by atoms with van der Waals surface area (Å²) in [6.07, 6.45) is 3.97. The molecule has 1 radical (unpaired) electrons. The van der Waals surface area contributed by atoms with Gasteiger partial charge in [-0.3, -0.25) is 10.1 Å². The van der Waals surface area contributed by atoms with Crippen LogP contribution < -0.4 is 0 Å². The quantitative estimate of drug-likeness (QED) is 0.676. The van der Waals surface area contributed by atoms with Gasteiger partial charge in [0.1, 0.15) is 17.6 Å². The fraction of sp³-hybridized carbons (Fsp3) is 0. The Bertz CT molecular complexity index is 371. The zero-order valence-corrected chi connectivity index (χ0v) is 5.95. The van der Waals surface area contributed by atoms with Crippen LogP contribution in [0.5, 0.6) is 0 Å². The minimum atomic E-state index is -0.417. The number of aromatic amines is 1. The Labute approximate surface area is 67.5 Å². The van der Waals surface area contributed by atoms with Gasteiger partial charge in [-0.1, -0.05) is 5.21 Å². The van der Waals surface area contributed by atoms with Crippen LogP contribution in [-0.2, 0) is 0 Å². The number of nitrogens with zero attached hydrogens (tertiary/aromatic N) is 3. The molecule has 12 heavy (non-hydrogen) atoms. The van der Waals surface area contributed by atoms with Gasteiger partial charge in [-0.05, 0) is 12.1 Å². The molecular weight excluding hydrogens is 159 g/mol. The second-order valence-corrected chi connectivity index (χ2v) is 2.13. The third kappa shape index (κ3) is 1.05. The van der Waals surface area contributed by atoms with Gasteiger partial charge in [0.15, 0.2) is 5.82 Å². The molecule has 0 spiro atoms. The molecular formula is C7H4FN4. The van der Waals surface area contributed by atoms with Crippen molar-refractivity contribution in [2.24, 2.45) is 0 Å². The molecule has 0 aliphatic heterocycles. The highest BCUT2D eigenvalue weighted by Crippen LogP contribution is 2.14. The van der Waals surface area contributed by atoms with Crippen LogP contribution in [0.15, 0.2) is 18.3 Å². The van der Waals surface area contributed by atoms with Crippen LogP contribution >= 0.6 is 0 Å². The van der Waals surface area contributed by atoms with Crippen LogP contribution in [0.2, 0.25) is 0 Å². The number of rotatable bonds is 1. The van der Waals surface area contributed by atoms with Crippen LogP contribution in [0.1, 0.15) is 0 Å². The fourth-order valence-electron chi connectivity index (χ4n) is 0.851. The van der Waals surface area contributed by atoms with Gasteiger partial charge in [-0.2, -0.15) is 0 Å². The maximum Gasteiger partial charge on any atom is 0.151 e. The molecule has 0 unspecified atom stereocenters. The van der Waals surface area contributed by atoms with Gasteiger partial charge >= 0.3 is 0 Å². The molecule has 59 valence electrons. The third-order valence-electron chi connectivity index (χ3n) is 1.37. The number of pyridine rings is 1. The van der Waals surface area contributed by atoms with Gasteiger partial charge in [0.25, 0.3) is 0 Å². The summed E-state index contributed by atoms with van der Waals surface area (Å²) in [6, 6.07) is 2.83. The van der Waals surface area contributed by atoms with Gasteiger partial charge < -0.3 is 0 Å². The van der Waals surface area contributed by atoms with Gasteiger partial charge in [0.05, 0.1) is 0 Å². The molecule has 4 nitrogen and oxygen atoms in total. The van der Waals surface area contributed by atoms with Crippen molar-refractivity contribution in [3.63, 3.8) is 0 Å². The highest BCUT2D eigenvalue weighted by Gasteiger charge is 2.06. The van der Waals surface area contributed by atoms with E-state index in [4.69, 9.17) is 0 Å². The van der Waals surface area contributed by atoms with Gasteiger partial charge in [-0.25, -0.2) is 4.39 Å².